The maximum absolute atomic E-state index is 12.9. The standard InChI is InChI=1S/C23H30O3/c1-15(2)22(18(6)23(26)16(3)4)20(21(25)8-7-13-24)14-19-11-9-17(5)10-12-19/h9-12,14,24,26H,3,7-8,13H2,1-2,4-6H3/b20-14+,23-18+. The van der Waals surface area contributed by atoms with Gasteiger partial charge in [-0.15, -0.1) is 0 Å². The molecule has 0 bridgehead atoms. The van der Waals surface area contributed by atoms with Gasteiger partial charge in [-0.25, -0.2) is 0 Å². The van der Waals surface area contributed by atoms with Gasteiger partial charge in [0.2, 0.25) is 0 Å². The van der Waals surface area contributed by atoms with Crippen LogP contribution in [0.1, 0.15) is 51.7 Å². The topological polar surface area (TPSA) is 57.5 Å². The predicted molar refractivity (Wildman–Crippen MR) is 109 cm³/mol. The lowest BCUT2D eigenvalue weighted by Crippen LogP contribution is -2.10. The Kier molecular flexibility index (Phi) is 8.27. The smallest absolute Gasteiger partial charge is 0.163 e. The molecule has 0 saturated heterocycles. The van der Waals surface area contributed by atoms with E-state index in [4.69, 9.17) is 5.11 Å². The number of carbonyl (C=O) groups is 1. The van der Waals surface area contributed by atoms with Gasteiger partial charge in [0.1, 0.15) is 5.76 Å². The van der Waals surface area contributed by atoms with E-state index in [1.807, 2.05) is 51.1 Å². The third-order valence-electron chi connectivity index (χ3n) is 4.15. The Hall–Kier alpha value is -2.39. The number of hydrogen-bond donors (Lipinski definition) is 2. The van der Waals surface area contributed by atoms with Crippen LogP contribution in [0.5, 0.6) is 0 Å². The van der Waals surface area contributed by atoms with E-state index in [0.717, 1.165) is 22.3 Å². The first-order valence-corrected chi connectivity index (χ1v) is 8.85. The zero-order valence-corrected chi connectivity index (χ0v) is 16.5. The molecule has 0 heterocycles. The zero-order valence-electron chi connectivity index (χ0n) is 16.5. The van der Waals surface area contributed by atoms with Crippen LogP contribution in [0.4, 0.5) is 0 Å². The van der Waals surface area contributed by atoms with Gasteiger partial charge < -0.3 is 10.2 Å². The first-order valence-electron chi connectivity index (χ1n) is 8.85. The molecule has 0 aliphatic rings. The number of carbonyl (C=O) groups excluding carboxylic acids is 1. The fraction of sp³-hybridized carbons (Fsp3) is 0.348. The lowest BCUT2D eigenvalue weighted by atomic mass is 9.87. The van der Waals surface area contributed by atoms with Crippen LogP contribution in [-0.2, 0) is 4.79 Å². The normalized spacial score (nSPS) is 12.5. The highest BCUT2D eigenvalue weighted by Crippen LogP contribution is 2.30. The Morgan fingerprint density at radius 1 is 1.12 bits per heavy atom. The molecule has 3 nitrogen and oxygen atoms in total. The quantitative estimate of drug-likeness (QED) is 0.370. The van der Waals surface area contributed by atoms with Crippen molar-refractivity contribution in [2.45, 2.75) is 47.5 Å². The second kappa shape index (κ2) is 9.93. The van der Waals surface area contributed by atoms with E-state index in [9.17, 15) is 9.90 Å². The van der Waals surface area contributed by atoms with Crippen molar-refractivity contribution < 1.29 is 15.0 Å². The molecule has 1 aromatic rings. The van der Waals surface area contributed by atoms with Crippen LogP contribution in [0.25, 0.3) is 6.08 Å². The predicted octanol–water partition coefficient (Wildman–Crippen LogP) is 5.46. The molecule has 0 unspecified atom stereocenters. The Bertz CT molecular complexity index is 755. The Morgan fingerprint density at radius 2 is 1.69 bits per heavy atom. The van der Waals surface area contributed by atoms with Crippen LogP contribution < -0.4 is 0 Å². The summed E-state index contributed by atoms with van der Waals surface area (Å²) in [5.74, 6) is 0.0515. The van der Waals surface area contributed by atoms with E-state index < -0.39 is 0 Å². The Morgan fingerprint density at radius 3 is 2.15 bits per heavy atom. The number of ketones is 1. The molecule has 0 fully saturated rings. The van der Waals surface area contributed by atoms with Crippen LogP contribution in [-0.4, -0.2) is 22.6 Å². The second-order valence-electron chi connectivity index (χ2n) is 6.85. The summed E-state index contributed by atoms with van der Waals surface area (Å²) in [5.41, 5.74) is 5.47. The lowest BCUT2D eigenvalue weighted by molar-refractivity contribution is -0.115. The highest BCUT2D eigenvalue weighted by Gasteiger charge is 2.19. The van der Waals surface area contributed by atoms with Crippen LogP contribution >= 0.6 is 0 Å². The van der Waals surface area contributed by atoms with Crippen LogP contribution in [0.2, 0.25) is 0 Å². The van der Waals surface area contributed by atoms with E-state index in [1.165, 1.54) is 0 Å². The van der Waals surface area contributed by atoms with E-state index in [1.54, 1.807) is 13.8 Å². The number of hydrogen-bond acceptors (Lipinski definition) is 3. The van der Waals surface area contributed by atoms with Gasteiger partial charge in [0.15, 0.2) is 5.78 Å². The van der Waals surface area contributed by atoms with Crippen LogP contribution in [0.3, 0.4) is 0 Å². The molecule has 140 valence electrons. The molecule has 1 aromatic carbocycles. The Balaban J connectivity index is 3.58. The lowest BCUT2D eigenvalue weighted by Gasteiger charge is -2.17. The van der Waals surface area contributed by atoms with E-state index >= 15 is 0 Å². The molecule has 0 aliphatic heterocycles. The summed E-state index contributed by atoms with van der Waals surface area (Å²) in [6.45, 7) is 13.2. The van der Waals surface area contributed by atoms with Crippen molar-refractivity contribution in [3.63, 3.8) is 0 Å². The second-order valence-corrected chi connectivity index (χ2v) is 6.85. The SMILES string of the molecule is C=C(C)/C(O)=C(/C)C(=C(C)C)/C(=C/c1ccc(C)cc1)C(=O)CCCO. The van der Waals surface area contributed by atoms with Gasteiger partial charge in [-0.05, 0) is 69.4 Å². The van der Waals surface area contributed by atoms with Crippen LogP contribution in [0.15, 0.2) is 64.5 Å². The summed E-state index contributed by atoms with van der Waals surface area (Å²) in [6.07, 6.45) is 2.53. The summed E-state index contributed by atoms with van der Waals surface area (Å²) >= 11 is 0. The minimum absolute atomic E-state index is 0.0282. The van der Waals surface area contributed by atoms with Crippen molar-refractivity contribution >= 4 is 11.9 Å². The van der Waals surface area contributed by atoms with Gasteiger partial charge in [0.25, 0.3) is 0 Å². The molecule has 0 radical (unpaired) electrons. The third kappa shape index (κ3) is 5.85. The monoisotopic (exact) mass is 354 g/mol. The minimum Gasteiger partial charge on any atom is -0.507 e. The molecule has 1 rings (SSSR count). The van der Waals surface area contributed by atoms with Crippen molar-refractivity contribution in [2.24, 2.45) is 0 Å². The van der Waals surface area contributed by atoms with Crippen molar-refractivity contribution in [2.75, 3.05) is 6.61 Å². The van der Waals surface area contributed by atoms with Gasteiger partial charge in [-0.3, -0.25) is 4.79 Å². The van der Waals surface area contributed by atoms with Crippen molar-refractivity contribution in [1.29, 1.82) is 0 Å². The highest BCUT2D eigenvalue weighted by atomic mass is 16.3. The first-order chi connectivity index (χ1) is 12.2. The van der Waals surface area contributed by atoms with Crippen LogP contribution in [0, 0.1) is 6.92 Å². The maximum atomic E-state index is 12.9. The molecule has 0 atom stereocenters. The zero-order chi connectivity index (χ0) is 19.9. The average Bonchev–Trinajstić information content (AvgIpc) is 2.59. The molecule has 0 spiro atoms. The summed E-state index contributed by atoms with van der Waals surface area (Å²) in [5, 5.41) is 19.5. The number of allylic oxidation sites excluding steroid dienone is 5. The average molecular weight is 354 g/mol. The number of rotatable bonds is 8. The van der Waals surface area contributed by atoms with Gasteiger partial charge in [-0.1, -0.05) is 42.0 Å². The molecular weight excluding hydrogens is 324 g/mol. The summed E-state index contributed by atoms with van der Waals surface area (Å²) in [6, 6.07) is 7.93. The molecule has 2 N–H and O–H groups in total. The van der Waals surface area contributed by atoms with Gasteiger partial charge in [0.05, 0.1) is 0 Å². The minimum atomic E-state index is -0.0512. The fourth-order valence-electron chi connectivity index (χ4n) is 2.78. The van der Waals surface area contributed by atoms with Crippen molar-refractivity contribution in [3.8, 4) is 0 Å². The molecule has 3 heteroatoms. The van der Waals surface area contributed by atoms with Gasteiger partial charge in [0, 0.05) is 18.6 Å². The fourth-order valence-corrected chi connectivity index (χ4v) is 2.78. The van der Waals surface area contributed by atoms with Gasteiger partial charge in [-0.2, -0.15) is 0 Å². The number of benzene rings is 1. The third-order valence-corrected chi connectivity index (χ3v) is 4.15. The molecular formula is C23H30O3. The number of aryl methyl sites for hydroxylation is 1. The number of aliphatic hydroxyl groups is 2. The summed E-state index contributed by atoms with van der Waals surface area (Å²) in [7, 11) is 0. The Labute approximate surface area is 157 Å². The molecule has 0 aromatic heterocycles. The number of aliphatic hydroxyl groups excluding tert-OH is 2. The highest BCUT2D eigenvalue weighted by molar-refractivity contribution is 6.05. The van der Waals surface area contributed by atoms with E-state index in [-0.39, 0.29) is 24.6 Å². The first kappa shape index (κ1) is 21.7. The van der Waals surface area contributed by atoms with Crippen molar-refractivity contribution in [3.05, 3.63) is 75.6 Å². The molecule has 26 heavy (non-hydrogen) atoms. The molecule has 0 aliphatic carbocycles. The van der Waals surface area contributed by atoms with Crippen molar-refractivity contribution in [1.82, 2.24) is 0 Å². The summed E-state index contributed by atoms with van der Waals surface area (Å²) < 4.78 is 0. The molecule has 0 amide bonds. The maximum Gasteiger partial charge on any atom is 0.163 e. The van der Waals surface area contributed by atoms with E-state index in [2.05, 4.69) is 6.58 Å². The largest absolute Gasteiger partial charge is 0.507 e. The van der Waals surface area contributed by atoms with E-state index in [0.29, 0.717) is 23.1 Å². The molecule has 0 saturated carbocycles. The number of Topliss-reactive ketones (excluding diaryl/α,β-unsaturated/α-hetero) is 1. The van der Waals surface area contributed by atoms with Gasteiger partial charge >= 0.3 is 0 Å². The summed E-state index contributed by atoms with van der Waals surface area (Å²) in [4.78, 5) is 12.9.